The van der Waals surface area contributed by atoms with E-state index in [1.54, 1.807) is 0 Å². The Morgan fingerprint density at radius 2 is 1.19 bits per heavy atom. The summed E-state index contributed by atoms with van der Waals surface area (Å²) >= 11 is 0. The van der Waals surface area contributed by atoms with Gasteiger partial charge in [0.2, 0.25) is 0 Å². The molecular weight excluding hydrogens is 218 g/mol. The van der Waals surface area contributed by atoms with Crippen molar-refractivity contribution in [3.05, 3.63) is 54.6 Å². The summed E-state index contributed by atoms with van der Waals surface area (Å²) in [5.74, 6) is 0. The third kappa shape index (κ3) is 1.70. The number of nitrogens with two attached hydrogens (primary N) is 1. The van der Waals surface area contributed by atoms with Gasteiger partial charge in [0.25, 0.3) is 0 Å². The Bertz CT molecular complexity index is 646. The topological polar surface area (TPSA) is 26.0 Å². The van der Waals surface area contributed by atoms with Gasteiger partial charge in [-0.3, -0.25) is 0 Å². The van der Waals surface area contributed by atoms with Crippen LogP contribution in [0.4, 0.5) is 5.69 Å². The van der Waals surface area contributed by atoms with Crippen molar-refractivity contribution in [1.29, 1.82) is 0 Å². The molecule has 0 aliphatic carbocycles. The van der Waals surface area contributed by atoms with E-state index in [0.717, 1.165) is 5.69 Å². The zero-order valence-corrected chi connectivity index (χ0v) is 9.50. The first-order chi connectivity index (χ1) is 7.33. The molecule has 0 unspecified atom stereocenters. The highest BCUT2D eigenvalue weighted by atomic mass is 35.5. The molecule has 0 aliphatic rings. The molecule has 0 radical (unpaired) electrons. The van der Waals surface area contributed by atoms with Crippen LogP contribution in [0, 0.1) is 0 Å². The van der Waals surface area contributed by atoms with Gasteiger partial charge < -0.3 is 5.73 Å². The Hall–Kier alpha value is -1.73. The highest BCUT2D eigenvalue weighted by Gasteiger charge is 1.97. The van der Waals surface area contributed by atoms with Crippen molar-refractivity contribution < 1.29 is 0 Å². The number of nitrogen functional groups attached to an aromatic ring is 1. The van der Waals surface area contributed by atoms with Crippen LogP contribution in [0.5, 0.6) is 0 Å². The molecular formula is C14H12ClN. The number of hydrogen-bond acceptors (Lipinski definition) is 1. The summed E-state index contributed by atoms with van der Waals surface area (Å²) in [6.45, 7) is 0. The van der Waals surface area contributed by atoms with Gasteiger partial charge in [0, 0.05) is 5.69 Å². The highest BCUT2D eigenvalue weighted by Crippen LogP contribution is 2.24. The van der Waals surface area contributed by atoms with E-state index in [-0.39, 0.29) is 12.4 Å². The first-order valence-electron chi connectivity index (χ1n) is 5.01. The van der Waals surface area contributed by atoms with E-state index in [9.17, 15) is 0 Å². The van der Waals surface area contributed by atoms with E-state index in [4.69, 9.17) is 5.73 Å². The van der Waals surface area contributed by atoms with Crippen molar-refractivity contribution in [2.24, 2.45) is 0 Å². The van der Waals surface area contributed by atoms with Crippen LogP contribution in [0.25, 0.3) is 21.5 Å². The highest BCUT2D eigenvalue weighted by molar-refractivity contribution is 5.99. The van der Waals surface area contributed by atoms with Crippen LogP contribution >= 0.6 is 12.4 Å². The number of hydrogen-bond donors (Lipinski definition) is 1. The van der Waals surface area contributed by atoms with E-state index < -0.39 is 0 Å². The third-order valence-electron chi connectivity index (χ3n) is 2.73. The van der Waals surface area contributed by atoms with Gasteiger partial charge in [-0.25, -0.2) is 0 Å². The van der Waals surface area contributed by atoms with Gasteiger partial charge in [-0.1, -0.05) is 30.3 Å². The molecule has 0 saturated heterocycles. The summed E-state index contributed by atoms with van der Waals surface area (Å²) in [6.07, 6.45) is 0. The predicted octanol–water partition coefficient (Wildman–Crippen LogP) is 4.00. The standard InChI is InChI=1S/C14H11N.ClH/c15-14-6-5-12-7-10-3-1-2-4-11(10)8-13(12)9-14;/h1-9H,15H2;1H. The fourth-order valence-electron chi connectivity index (χ4n) is 1.96. The molecule has 0 aliphatic heterocycles. The molecule has 3 rings (SSSR count). The number of anilines is 1. The molecule has 2 N–H and O–H groups in total. The molecule has 3 aromatic rings. The van der Waals surface area contributed by atoms with Gasteiger partial charge in [-0.2, -0.15) is 0 Å². The molecule has 0 heterocycles. The van der Waals surface area contributed by atoms with Gasteiger partial charge in [-0.15, -0.1) is 12.4 Å². The predicted molar refractivity (Wildman–Crippen MR) is 73.1 cm³/mol. The van der Waals surface area contributed by atoms with Crippen molar-refractivity contribution in [2.75, 3.05) is 5.73 Å². The smallest absolute Gasteiger partial charge is 0.0320 e. The zero-order chi connectivity index (χ0) is 10.3. The molecule has 16 heavy (non-hydrogen) atoms. The monoisotopic (exact) mass is 229 g/mol. The number of fused-ring (bicyclic) bond motifs is 2. The first kappa shape index (κ1) is 10.8. The Morgan fingerprint density at radius 3 is 1.88 bits per heavy atom. The van der Waals surface area contributed by atoms with E-state index in [0.29, 0.717) is 0 Å². The average Bonchev–Trinajstić information content (AvgIpc) is 2.26. The van der Waals surface area contributed by atoms with E-state index in [1.165, 1.54) is 21.5 Å². The summed E-state index contributed by atoms with van der Waals surface area (Å²) in [6, 6.07) is 18.8. The maximum Gasteiger partial charge on any atom is 0.0320 e. The van der Waals surface area contributed by atoms with Crippen LogP contribution in [0.1, 0.15) is 0 Å². The second-order valence-corrected chi connectivity index (χ2v) is 3.81. The minimum atomic E-state index is 0. The zero-order valence-electron chi connectivity index (χ0n) is 8.68. The largest absolute Gasteiger partial charge is 0.399 e. The number of rotatable bonds is 0. The molecule has 0 aromatic heterocycles. The molecule has 0 amide bonds. The molecule has 0 fully saturated rings. The molecule has 0 atom stereocenters. The average molecular weight is 230 g/mol. The molecule has 3 aromatic carbocycles. The summed E-state index contributed by atoms with van der Waals surface area (Å²) in [5.41, 5.74) is 6.59. The number of benzene rings is 3. The van der Waals surface area contributed by atoms with Crippen LogP contribution in [0.15, 0.2) is 54.6 Å². The lowest BCUT2D eigenvalue weighted by atomic mass is 10.0. The molecule has 1 nitrogen and oxygen atoms in total. The summed E-state index contributed by atoms with van der Waals surface area (Å²) in [4.78, 5) is 0. The Morgan fingerprint density at radius 1 is 0.625 bits per heavy atom. The minimum absolute atomic E-state index is 0. The lowest BCUT2D eigenvalue weighted by Crippen LogP contribution is -1.83. The van der Waals surface area contributed by atoms with Gasteiger partial charge in [0.1, 0.15) is 0 Å². The van der Waals surface area contributed by atoms with Crippen molar-refractivity contribution in [1.82, 2.24) is 0 Å². The van der Waals surface area contributed by atoms with Gasteiger partial charge in [0.15, 0.2) is 0 Å². The Labute approximate surface area is 100 Å². The first-order valence-corrected chi connectivity index (χ1v) is 5.01. The van der Waals surface area contributed by atoms with Crippen LogP contribution in [0.2, 0.25) is 0 Å². The van der Waals surface area contributed by atoms with Crippen LogP contribution < -0.4 is 5.73 Å². The SMILES string of the molecule is Cl.Nc1ccc2cc3ccccc3cc2c1. The lowest BCUT2D eigenvalue weighted by Gasteiger charge is -2.02. The molecule has 0 bridgehead atoms. The third-order valence-corrected chi connectivity index (χ3v) is 2.73. The fourth-order valence-corrected chi connectivity index (χ4v) is 1.96. The summed E-state index contributed by atoms with van der Waals surface area (Å²) in [7, 11) is 0. The Kier molecular flexibility index (Phi) is 2.71. The fraction of sp³-hybridized carbons (Fsp3) is 0. The van der Waals surface area contributed by atoms with Crippen LogP contribution in [-0.2, 0) is 0 Å². The van der Waals surface area contributed by atoms with Crippen molar-refractivity contribution in [3.8, 4) is 0 Å². The summed E-state index contributed by atoms with van der Waals surface area (Å²) < 4.78 is 0. The van der Waals surface area contributed by atoms with Crippen molar-refractivity contribution in [3.63, 3.8) is 0 Å². The quantitative estimate of drug-likeness (QED) is 0.458. The molecule has 80 valence electrons. The van der Waals surface area contributed by atoms with Gasteiger partial charge in [0.05, 0.1) is 0 Å². The maximum atomic E-state index is 5.77. The minimum Gasteiger partial charge on any atom is -0.399 e. The normalized spacial score (nSPS) is 10.2. The molecule has 0 spiro atoms. The number of halogens is 1. The lowest BCUT2D eigenvalue weighted by molar-refractivity contribution is 1.74. The van der Waals surface area contributed by atoms with E-state index in [1.807, 2.05) is 12.1 Å². The van der Waals surface area contributed by atoms with Crippen molar-refractivity contribution in [2.45, 2.75) is 0 Å². The summed E-state index contributed by atoms with van der Waals surface area (Å²) in [5, 5.41) is 4.97. The van der Waals surface area contributed by atoms with E-state index >= 15 is 0 Å². The molecule has 2 heteroatoms. The van der Waals surface area contributed by atoms with Crippen LogP contribution in [0.3, 0.4) is 0 Å². The van der Waals surface area contributed by atoms with E-state index in [2.05, 4.69) is 42.5 Å². The van der Waals surface area contributed by atoms with Crippen molar-refractivity contribution >= 4 is 39.6 Å². The van der Waals surface area contributed by atoms with Crippen LogP contribution in [-0.4, -0.2) is 0 Å². The second-order valence-electron chi connectivity index (χ2n) is 3.81. The Balaban J connectivity index is 0.000000963. The second kappa shape index (κ2) is 4.03. The van der Waals surface area contributed by atoms with Gasteiger partial charge >= 0.3 is 0 Å². The molecule has 0 saturated carbocycles. The maximum absolute atomic E-state index is 5.77. The van der Waals surface area contributed by atoms with Gasteiger partial charge in [-0.05, 0) is 45.8 Å².